The summed E-state index contributed by atoms with van der Waals surface area (Å²) < 4.78 is 47.8. The van der Waals surface area contributed by atoms with Crippen LogP contribution in [0.2, 0.25) is 0 Å². The maximum atomic E-state index is 13.6. The van der Waals surface area contributed by atoms with Gasteiger partial charge in [0.15, 0.2) is 5.69 Å². The number of nitro benzene ring substituents is 1. The first-order valence-corrected chi connectivity index (χ1v) is 11.9. The molecule has 1 aromatic heterocycles. The largest absolute Gasteiger partial charge is 0.457 e. The van der Waals surface area contributed by atoms with Crippen molar-refractivity contribution in [2.75, 3.05) is 5.32 Å². The predicted octanol–water partition coefficient (Wildman–Crippen LogP) is 6.44. The molecule has 0 radical (unpaired) electrons. The van der Waals surface area contributed by atoms with Gasteiger partial charge in [0.2, 0.25) is 5.91 Å². The highest BCUT2D eigenvalue weighted by atomic mass is 19.4. The van der Waals surface area contributed by atoms with Gasteiger partial charge in [-0.15, -0.1) is 0 Å². The van der Waals surface area contributed by atoms with E-state index in [1.165, 1.54) is 18.2 Å². The van der Waals surface area contributed by atoms with Crippen molar-refractivity contribution in [3.05, 3.63) is 74.1 Å². The number of carbonyl (C=O) groups is 1. The molecule has 1 aliphatic rings. The molecular formula is C26H27F3N4O4. The van der Waals surface area contributed by atoms with Gasteiger partial charge in [-0.3, -0.25) is 19.6 Å². The number of hydrogen-bond acceptors (Lipinski definition) is 5. The van der Waals surface area contributed by atoms with E-state index in [9.17, 15) is 28.1 Å². The Kier molecular flexibility index (Phi) is 7.24. The minimum absolute atomic E-state index is 0.0884. The first-order valence-electron chi connectivity index (χ1n) is 11.9. The smallest absolute Gasteiger partial charge is 0.435 e. The van der Waals surface area contributed by atoms with Gasteiger partial charge in [-0.05, 0) is 69.2 Å². The van der Waals surface area contributed by atoms with E-state index in [1.54, 1.807) is 6.07 Å². The summed E-state index contributed by atoms with van der Waals surface area (Å²) in [5.41, 5.74) is 2.20. The van der Waals surface area contributed by atoms with Crippen LogP contribution in [0.1, 0.15) is 52.9 Å². The zero-order valence-corrected chi connectivity index (χ0v) is 20.7. The standard InChI is InChI=1S/C26H27F3N4O4/c1-15-9-16(2)17(3)23(10-15)37-20-12-18(11-19(13-20)33(35)36)30-24(34)14-32-22-8-6-4-5-7-21(22)25(31-32)26(27,28)29/h9-13H,4-8,14H2,1-3H3,(H,30,34). The molecule has 0 unspecified atom stereocenters. The summed E-state index contributed by atoms with van der Waals surface area (Å²) in [6, 6.07) is 7.65. The predicted molar refractivity (Wildman–Crippen MR) is 131 cm³/mol. The maximum absolute atomic E-state index is 13.6. The van der Waals surface area contributed by atoms with Crippen LogP contribution in [-0.2, 0) is 30.4 Å². The molecule has 1 N–H and O–H groups in total. The first kappa shape index (κ1) is 26.2. The number of hydrogen-bond donors (Lipinski definition) is 1. The van der Waals surface area contributed by atoms with Gasteiger partial charge in [0, 0.05) is 23.4 Å². The van der Waals surface area contributed by atoms with E-state index in [2.05, 4.69) is 10.4 Å². The minimum Gasteiger partial charge on any atom is -0.457 e. The second-order valence-corrected chi connectivity index (χ2v) is 9.32. The Labute approximate surface area is 211 Å². The number of ether oxygens (including phenoxy) is 1. The van der Waals surface area contributed by atoms with Crippen LogP contribution in [-0.4, -0.2) is 20.6 Å². The molecule has 0 aliphatic heterocycles. The number of nitrogens with one attached hydrogen (secondary N) is 1. The van der Waals surface area contributed by atoms with Gasteiger partial charge >= 0.3 is 6.18 Å². The molecule has 1 amide bonds. The average Bonchev–Trinajstić information content (AvgIpc) is 2.97. The number of benzene rings is 2. The van der Waals surface area contributed by atoms with Crippen molar-refractivity contribution in [1.82, 2.24) is 9.78 Å². The van der Waals surface area contributed by atoms with E-state index in [-0.39, 0.29) is 29.1 Å². The number of aromatic nitrogens is 2. The van der Waals surface area contributed by atoms with Crippen LogP contribution in [0, 0.1) is 30.9 Å². The van der Waals surface area contributed by atoms with E-state index in [4.69, 9.17) is 4.74 Å². The van der Waals surface area contributed by atoms with E-state index < -0.39 is 29.2 Å². The van der Waals surface area contributed by atoms with Crippen LogP contribution >= 0.6 is 0 Å². The van der Waals surface area contributed by atoms with Crippen LogP contribution in [0.4, 0.5) is 24.5 Å². The summed E-state index contributed by atoms with van der Waals surface area (Å²) in [7, 11) is 0. The quantitative estimate of drug-likeness (QED) is 0.231. The molecular weight excluding hydrogens is 489 g/mol. The number of nitro groups is 1. The van der Waals surface area contributed by atoms with E-state index in [0.29, 0.717) is 30.7 Å². The van der Waals surface area contributed by atoms with Gasteiger partial charge in [0.25, 0.3) is 5.69 Å². The van der Waals surface area contributed by atoms with Crippen LogP contribution in [0.15, 0.2) is 30.3 Å². The molecule has 0 fully saturated rings. The molecule has 4 rings (SSSR count). The highest BCUT2D eigenvalue weighted by Crippen LogP contribution is 2.36. The molecule has 0 atom stereocenters. The number of nitrogens with zero attached hydrogens (tertiary/aromatic N) is 3. The fourth-order valence-corrected chi connectivity index (χ4v) is 4.60. The summed E-state index contributed by atoms with van der Waals surface area (Å²) in [6.07, 6.45) is -1.82. The molecule has 8 nitrogen and oxygen atoms in total. The van der Waals surface area contributed by atoms with Crippen molar-refractivity contribution in [1.29, 1.82) is 0 Å². The van der Waals surface area contributed by atoms with Crippen LogP contribution < -0.4 is 10.1 Å². The number of non-ortho nitro benzene ring substituents is 1. The highest BCUT2D eigenvalue weighted by Gasteiger charge is 2.39. The lowest BCUT2D eigenvalue weighted by atomic mass is 10.1. The average molecular weight is 517 g/mol. The first-order chi connectivity index (χ1) is 17.4. The van der Waals surface area contributed by atoms with Crippen molar-refractivity contribution in [2.45, 2.75) is 65.6 Å². The Balaban J connectivity index is 1.60. The van der Waals surface area contributed by atoms with Gasteiger partial charge in [0.05, 0.1) is 16.7 Å². The van der Waals surface area contributed by atoms with E-state index in [1.807, 2.05) is 26.8 Å². The Morgan fingerprint density at radius 3 is 2.54 bits per heavy atom. The maximum Gasteiger partial charge on any atom is 0.435 e. The number of alkyl halides is 3. The molecule has 0 saturated carbocycles. The fourth-order valence-electron chi connectivity index (χ4n) is 4.60. The highest BCUT2D eigenvalue weighted by molar-refractivity contribution is 5.91. The zero-order chi connectivity index (χ0) is 26.9. The van der Waals surface area contributed by atoms with Crippen molar-refractivity contribution >= 4 is 17.3 Å². The van der Waals surface area contributed by atoms with Crippen molar-refractivity contribution in [2.24, 2.45) is 0 Å². The Bertz CT molecular complexity index is 1360. The summed E-state index contributed by atoms with van der Waals surface area (Å²) >= 11 is 0. The minimum atomic E-state index is -4.62. The molecule has 3 aromatic rings. The number of carbonyl (C=O) groups excluding carboxylic acids is 1. The number of rotatable bonds is 6. The van der Waals surface area contributed by atoms with Crippen LogP contribution in [0.5, 0.6) is 11.5 Å². The van der Waals surface area contributed by atoms with Crippen LogP contribution in [0.25, 0.3) is 0 Å². The summed E-state index contributed by atoms with van der Waals surface area (Å²) in [5.74, 6) is 0.0106. The zero-order valence-electron chi connectivity index (χ0n) is 20.7. The molecule has 1 aliphatic carbocycles. The van der Waals surface area contributed by atoms with Gasteiger partial charge in [0.1, 0.15) is 18.0 Å². The lowest BCUT2D eigenvalue weighted by Gasteiger charge is -2.14. The summed E-state index contributed by atoms with van der Waals surface area (Å²) in [5, 5.41) is 17.8. The lowest BCUT2D eigenvalue weighted by molar-refractivity contribution is -0.384. The van der Waals surface area contributed by atoms with Gasteiger partial charge in [-0.25, -0.2) is 0 Å². The fraction of sp³-hybridized carbons (Fsp3) is 0.385. The Morgan fingerprint density at radius 1 is 1.11 bits per heavy atom. The molecule has 0 bridgehead atoms. The number of amides is 1. The Morgan fingerprint density at radius 2 is 1.84 bits per heavy atom. The molecule has 37 heavy (non-hydrogen) atoms. The van der Waals surface area contributed by atoms with Gasteiger partial charge < -0.3 is 10.1 Å². The lowest BCUT2D eigenvalue weighted by Crippen LogP contribution is -2.21. The number of anilines is 1. The molecule has 0 saturated heterocycles. The molecule has 0 spiro atoms. The van der Waals surface area contributed by atoms with E-state index >= 15 is 0 Å². The number of halogens is 3. The van der Waals surface area contributed by atoms with E-state index in [0.717, 1.165) is 27.8 Å². The van der Waals surface area contributed by atoms with Crippen molar-refractivity contribution < 1.29 is 27.6 Å². The number of aryl methyl sites for hydroxylation is 2. The Hall–Kier alpha value is -3.89. The second-order valence-electron chi connectivity index (χ2n) is 9.32. The van der Waals surface area contributed by atoms with Crippen LogP contribution in [0.3, 0.4) is 0 Å². The van der Waals surface area contributed by atoms with Crippen molar-refractivity contribution in [3.8, 4) is 11.5 Å². The normalized spacial score (nSPS) is 13.6. The number of fused-ring (bicyclic) bond motifs is 1. The summed E-state index contributed by atoms with van der Waals surface area (Å²) in [4.78, 5) is 23.7. The SMILES string of the molecule is Cc1cc(C)c(C)c(Oc2cc(NC(=O)Cn3nc(C(F)(F)F)c4c3CCCCC4)cc([N+](=O)[O-])c2)c1. The van der Waals surface area contributed by atoms with Gasteiger partial charge in [-0.1, -0.05) is 12.5 Å². The monoisotopic (exact) mass is 516 g/mol. The molecule has 11 heteroatoms. The second kappa shape index (κ2) is 10.2. The molecule has 1 heterocycles. The molecule has 196 valence electrons. The van der Waals surface area contributed by atoms with Gasteiger partial charge in [-0.2, -0.15) is 18.3 Å². The topological polar surface area (TPSA) is 99.3 Å². The third kappa shape index (κ3) is 5.92. The third-order valence-corrected chi connectivity index (χ3v) is 6.45. The summed E-state index contributed by atoms with van der Waals surface area (Å²) in [6.45, 7) is 5.24. The van der Waals surface area contributed by atoms with Crippen molar-refractivity contribution in [3.63, 3.8) is 0 Å². The third-order valence-electron chi connectivity index (χ3n) is 6.45. The molecule has 2 aromatic carbocycles.